The van der Waals surface area contributed by atoms with Crippen LogP contribution in [0.5, 0.6) is 0 Å². The quantitative estimate of drug-likeness (QED) is 0.445. The Morgan fingerprint density at radius 2 is 2.56 bits per heavy atom. The molecule has 0 bridgehead atoms. The molecule has 1 aromatic rings. The number of hydrogen-bond donors (Lipinski definition) is 2. The normalized spacial score (nSPS) is 9.33. The van der Waals surface area contributed by atoms with Gasteiger partial charge < -0.3 is 5.73 Å². The number of carbonyl (C=O) groups is 1. The van der Waals surface area contributed by atoms with Crippen LogP contribution in [-0.2, 0) is 0 Å². The van der Waals surface area contributed by atoms with Gasteiger partial charge in [-0.05, 0) is 0 Å². The summed E-state index contributed by atoms with van der Waals surface area (Å²) in [6.45, 7) is 0. The van der Waals surface area contributed by atoms with Crippen LogP contribution < -0.4 is 11.4 Å². The van der Waals surface area contributed by atoms with Gasteiger partial charge in [-0.1, -0.05) is 0 Å². The van der Waals surface area contributed by atoms with E-state index in [0.29, 0.717) is 4.68 Å². The van der Waals surface area contributed by atoms with Crippen molar-refractivity contribution in [1.29, 1.82) is 0 Å². The molecule has 1 heterocycles. The van der Waals surface area contributed by atoms with Crippen LogP contribution in [0.25, 0.3) is 0 Å². The standard InChI is InChI=1S/C3H4N4O2/c4-2(8)7-3(9)5-1-6-7/h1H,(H2,4,8)(H,5,6,9). The first-order chi connectivity index (χ1) is 4.22. The van der Waals surface area contributed by atoms with E-state index in [9.17, 15) is 9.59 Å². The second kappa shape index (κ2) is 1.73. The third kappa shape index (κ3) is 0.809. The van der Waals surface area contributed by atoms with Crippen LogP contribution in [-0.4, -0.2) is 20.8 Å². The molecule has 0 saturated heterocycles. The lowest BCUT2D eigenvalue weighted by Gasteiger charge is -1.86. The van der Waals surface area contributed by atoms with Crippen LogP contribution in [0.15, 0.2) is 11.1 Å². The van der Waals surface area contributed by atoms with Gasteiger partial charge in [-0.3, -0.25) is 5.10 Å². The molecule has 1 amide bonds. The molecule has 0 aliphatic rings. The topological polar surface area (TPSA) is 93.8 Å². The fourth-order valence-corrected chi connectivity index (χ4v) is 0.413. The lowest BCUT2D eigenvalue weighted by molar-refractivity contribution is 0.247. The van der Waals surface area contributed by atoms with Crippen LogP contribution >= 0.6 is 0 Å². The van der Waals surface area contributed by atoms with E-state index in [1.54, 1.807) is 0 Å². The monoisotopic (exact) mass is 128 g/mol. The average Bonchev–Trinajstić information content (AvgIpc) is 2.13. The summed E-state index contributed by atoms with van der Waals surface area (Å²) in [5.41, 5.74) is 4.02. The van der Waals surface area contributed by atoms with Crippen molar-refractivity contribution >= 4 is 6.03 Å². The number of rotatable bonds is 0. The van der Waals surface area contributed by atoms with Crippen molar-refractivity contribution in [3.8, 4) is 0 Å². The molecule has 0 aliphatic heterocycles. The third-order valence-corrected chi connectivity index (χ3v) is 0.773. The molecule has 6 heteroatoms. The molecule has 0 saturated carbocycles. The van der Waals surface area contributed by atoms with Gasteiger partial charge in [0, 0.05) is 0 Å². The number of nitrogens with zero attached hydrogens (tertiary/aromatic N) is 2. The molecule has 0 aliphatic carbocycles. The summed E-state index contributed by atoms with van der Waals surface area (Å²) in [6.07, 6.45) is 1.09. The first-order valence-electron chi connectivity index (χ1n) is 2.14. The number of hydrogen-bond acceptors (Lipinski definition) is 3. The van der Waals surface area contributed by atoms with Gasteiger partial charge in [0.1, 0.15) is 6.33 Å². The van der Waals surface area contributed by atoms with E-state index in [1.807, 2.05) is 0 Å². The summed E-state index contributed by atoms with van der Waals surface area (Å²) in [7, 11) is 0. The summed E-state index contributed by atoms with van der Waals surface area (Å²) >= 11 is 0. The fourth-order valence-electron chi connectivity index (χ4n) is 0.413. The van der Waals surface area contributed by atoms with Crippen molar-refractivity contribution in [3.63, 3.8) is 0 Å². The molecule has 0 fully saturated rings. The predicted molar refractivity (Wildman–Crippen MR) is 27.8 cm³/mol. The van der Waals surface area contributed by atoms with Crippen LogP contribution in [0.2, 0.25) is 0 Å². The van der Waals surface area contributed by atoms with Crippen molar-refractivity contribution < 1.29 is 4.79 Å². The van der Waals surface area contributed by atoms with Gasteiger partial charge in [-0.2, -0.15) is 4.98 Å². The van der Waals surface area contributed by atoms with Gasteiger partial charge >= 0.3 is 11.7 Å². The molecule has 9 heavy (non-hydrogen) atoms. The molecule has 0 atom stereocenters. The number of carbonyl (C=O) groups excluding carboxylic acids is 1. The molecule has 0 unspecified atom stereocenters. The maximum Gasteiger partial charge on any atom is 0.372 e. The van der Waals surface area contributed by atoms with E-state index < -0.39 is 11.7 Å². The van der Waals surface area contributed by atoms with E-state index in [2.05, 4.69) is 10.1 Å². The summed E-state index contributed by atoms with van der Waals surface area (Å²) in [6, 6.07) is -0.863. The summed E-state index contributed by atoms with van der Waals surface area (Å²) in [4.78, 5) is 23.8. The fraction of sp³-hybridized carbons (Fsp3) is 0. The molecule has 0 spiro atoms. The number of amides is 1. The van der Waals surface area contributed by atoms with Gasteiger partial charge in [-0.15, -0.1) is 4.68 Å². The second-order valence-electron chi connectivity index (χ2n) is 1.34. The van der Waals surface area contributed by atoms with Crippen molar-refractivity contribution in [2.24, 2.45) is 5.73 Å². The number of nitrogens with two attached hydrogens (primary N) is 1. The van der Waals surface area contributed by atoms with E-state index in [1.165, 1.54) is 0 Å². The zero-order valence-electron chi connectivity index (χ0n) is 4.37. The number of H-pyrrole nitrogens is 1. The number of aromatic nitrogens is 3. The Labute approximate surface area is 49.3 Å². The Balaban J connectivity index is 3.24. The Morgan fingerprint density at radius 1 is 1.89 bits per heavy atom. The van der Waals surface area contributed by atoms with Crippen molar-refractivity contribution in [3.05, 3.63) is 16.8 Å². The van der Waals surface area contributed by atoms with Gasteiger partial charge in [0.05, 0.1) is 0 Å². The largest absolute Gasteiger partial charge is 0.372 e. The maximum atomic E-state index is 10.4. The van der Waals surface area contributed by atoms with E-state index in [0.717, 1.165) is 6.33 Å². The molecule has 1 aromatic heterocycles. The van der Waals surface area contributed by atoms with Crippen molar-refractivity contribution in [2.75, 3.05) is 0 Å². The molecule has 6 nitrogen and oxygen atoms in total. The van der Waals surface area contributed by atoms with Crippen molar-refractivity contribution in [1.82, 2.24) is 14.8 Å². The maximum absolute atomic E-state index is 10.4. The molecule has 0 aromatic carbocycles. The highest BCUT2D eigenvalue weighted by Gasteiger charge is 1.99. The first kappa shape index (κ1) is 5.54. The van der Waals surface area contributed by atoms with E-state index in [-0.39, 0.29) is 0 Å². The lowest BCUT2D eigenvalue weighted by atomic mass is 11.0. The third-order valence-electron chi connectivity index (χ3n) is 0.773. The van der Waals surface area contributed by atoms with Crippen LogP contribution in [0.4, 0.5) is 4.79 Å². The summed E-state index contributed by atoms with van der Waals surface area (Å²) < 4.78 is 0.597. The SMILES string of the molecule is NC(=O)n1[nH]cnc1=O. The van der Waals surface area contributed by atoms with Gasteiger partial charge in [0.15, 0.2) is 0 Å². The lowest BCUT2D eigenvalue weighted by Crippen LogP contribution is -2.30. The highest BCUT2D eigenvalue weighted by atomic mass is 16.2. The minimum Gasteiger partial charge on any atom is -0.350 e. The molecule has 48 valence electrons. The molecular weight excluding hydrogens is 124 g/mol. The Kier molecular flexibility index (Phi) is 1.07. The number of primary amides is 1. The minimum absolute atomic E-state index is 0.597. The Hall–Kier alpha value is -1.59. The van der Waals surface area contributed by atoms with Crippen LogP contribution in [0, 0.1) is 0 Å². The predicted octanol–water partition coefficient (Wildman–Crippen LogP) is -1.50. The highest BCUT2D eigenvalue weighted by molar-refractivity contribution is 5.72. The molecule has 1 rings (SSSR count). The first-order valence-corrected chi connectivity index (χ1v) is 2.14. The van der Waals surface area contributed by atoms with Gasteiger partial charge in [-0.25, -0.2) is 9.59 Å². The summed E-state index contributed by atoms with van der Waals surface area (Å²) in [5.74, 6) is 0. The smallest absolute Gasteiger partial charge is 0.350 e. The highest BCUT2D eigenvalue weighted by Crippen LogP contribution is 1.64. The van der Waals surface area contributed by atoms with Crippen LogP contribution in [0.3, 0.4) is 0 Å². The Bertz CT molecular complexity index is 271. The van der Waals surface area contributed by atoms with Gasteiger partial charge in [0.2, 0.25) is 0 Å². The second-order valence-corrected chi connectivity index (χ2v) is 1.34. The van der Waals surface area contributed by atoms with E-state index in [4.69, 9.17) is 5.73 Å². The number of nitrogens with one attached hydrogen (secondary N) is 1. The molecule has 3 N–H and O–H groups in total. The van der Waals surface area contributed by atoms with Crippen LogP contribution in [0.1, 0.15) is 0 Å². The minimum atomic E-state index is -0.863. The average molecular weight is 128 g/mol. The zero-order chi connectivity index (χ0) is 6.85. The van der Waals surface area contributed by atoms with E-state index >= 15 is 0 Å². The Morgan fingerprint density at radius 3 is 2.78 bits per heavy atom. The summed E-state index contributed by atoms with van der Waals surface area (Å²) in [5, 5.41) is 2.22. The number of aromatic amines is 1. The molecule has 0 radical (unpaired) electrons. The zero-order valence-corrected chi connectivity index (χ0v) is 4.37. The van der Waals surface area contributed by atoms with Gasteiger partial charge in [0.25, 0.3) is 0 Å². The van der Waals surface area contributed by atoms with Crippen molar-refractivity contribution in [2.45, 2.75) is 0 Å². The molecular formula is C3H4N4O2.